The third-order valence-corrected chi connectivity index (χ3v) is 12.5. The molecular weight excluding hydrogens is 715 g/mol. The highest BCUT2D eigenvalue weighted by Gasteiger charge is 2.23. The fourth-order valence-electron chi connectivity index (χ4n) is 10.0. The summed E-state index contributed by atoms with van der Waals surface area (Å²) in [5, 5.41) is 10.0. The quantitative estimate of drug-likeness (QED) is 0.156. The zero-order valence-electron chi connectivity index (χ0n) is 32.0. The van der Waals surface area contributed by atoms with Crippen LogP contribution in [0.2, 0.25) is 0 Å². The third kappa shape index (κ3) is 4.70. The molecule has 0 unspecified atom stereocenters. The lowest BCUT2D eigenvalue weighted by atomic mass is 9.98. The molecule has 0 saturated carbocycles. The monoisotopic (exact) mass is 749 g/mol. The van der Waals surface area contributed by atoms with Crippen molar-refractivity contribution in [3.8, 4) is 39.3 Å². The highest BCUT2D eigenvalue weighted by atomic mass is 15.0. The molecule has 3 aromatic heterocycles. The predicted octanol–water partition coefficient (Wildman–Crippen LogP) is 14.9. The lowest BCUT2D eigenvalue weighted by Crippen LogP contribution is -1.99. The van der Waals surface area contributed by atoms with E-state index in [1.165, 1.54) is 98.4 Å². The van der Waals surface area contributed by atoms with Crippen LogP contribution in [0.1, 0.15) is 0 Å². The largest absolute Gasteiger partial charge is 0.309 e. The average molecular weight is 750 g/mol. The summed E-state index contributed by atoms with van der Waals surface area (Å²) < 4.78 is 7.44. The van der Waals surface area contributed by atoms with Crippen LogP contribution in [-0.2, 0) is 0 Å². The zero-order valence-corrected chi connectivity index (χ0v) is 32.0. The second kappa shape index (κ2) is 12.3. The Hall–Kier alpha value is -7.88. The van der Waals surface area contributed by atoms with Gasteiger partial charge in [0.05, 0.1) is 33.1 Å². The van der Waals surface area contributed by atoms with Crippen LogP contribution in [0.5, 0.6) is 0 Å². The van der Waals surface area contributed by atoms with Crippen LogP contribution in [0.3, 0.4) is 0 Å². The van der Waals surface area contributed by atoms with Gasteiger partial charge in [-0.25, -0.2) is 0 Å². The molecule has 0 aliphatic rings. The summed E-state index contributed by atoms with van der Waals surface area (Å²) in [7, 11) is 0. The van der Waals surface area contributed by atoms with Crippen LogP contribution in [0.25, 0.3) is 116 Å². The number of benzene rings is 10. The second-order valence-corrected chi connectivity index (χ2v) is 15.8. The topological polar surface area (TPSA) is 14.8 Å². The molecule has 0 aliphatic heterocycles. The minimum absolute atomic E-state index is 1.13. The minimum Gasteiger partial charge on any atom is -0.309 e. The van der Waals surface area contributed by atoms with Crippen molar-refractivity contribution in [1.82, 2.24) is 13.7 Å². The Bertz CT molecular complexity index is 3420. The second-order valence-electron chi connectivity index (χ2n) is 15.8. The molecule has 3 heteroatoms. The number of hydrogen-bond donors (Lipinski definition) is 0. The van der Waals surface area contributed by atoms with Gasteiger partial charge >= 0.3 is 0 Å². The first-order chi connectivity index (χ1) is 29.3. The van der Waals surface area contributed by atoms with Crippen molar-refractivity contribution in [2.24, 2.45) is 0 Å². The van der Waals surface area contributed by atoms with Gasteiger partial charge in [-0.2, -0.15) is 0 Å². The van der Waals surface area contributed by atoms with E-state index in [0.29, 0.717) is 0 Å². The van der Waals surface area contributed by atoms with Crippen molar-refractivity contribution < 1.29 is 0 Å². The smallest absolute Gasteiger partial charge is 0.0568 e. The molecule has 0 N–H and O–H groups in total. The molecule has 59 heavy (non-hydrogen) atoms. The van der Waals surface area contributed by atoms with Gasteiger partial charge in [0.15, 0.2) is 0 Å². The maximum atomic E-state index is 2.54. The standard InChI is InChI=1S/C56H35N3/c1-3-15-36(16-4-1)40-29-41(37-17-5-2-6-18-37)33-42(32-40)59-53-34-43(57-49-23-11-7-19-45(49)46-20-8-12-24-50(46)57)30-38-27-28-39-31-44(35-54(59)56(39)55(38)53)58-51-25-13-9-21-47(51)48-22-10-14-26-52(48)58/h1-35H. The Balaban J connectivity index is 1.19. The third-order valence-electron chi connectivity index (χ3n) is 12.5. The van der Waals surface area contributed by atoms with Crippen LogP contribution < -0.4 is 0 Å². The summed E-state index contributed by atoms with van der Waals surface area (Å²) in [6.07, 6.45) is 0. The maximum Gasteiger partial charge on any atom is 0.0568 e. The summed E-state index contributed by atoms with van der Waals surface area (Å²) in [4.78, 5) is 0. The zero-order chi connectivity index (χ0) is 38.6. The number of nitrogens with zero attached hydrogens (tertiary/aromatic N) is 3. The highest BCUT2D eigenvalue weighted by molar-refractivity contribution is 6.25. The molecule has 0 amide bonds. The summed E-state index contributed by atoms with van der Waals surface area (Å²) in [6, 6.07) is 78.2. The molecule has 13 rings (SSSR count). The van der Waals surface area contributed by atoms with Gasteiger partial charge in [0.2, 0.25) is 0 Å². The SMILES string of the molecule is c1ccc(-c2cc(-c3ccccc3)cc(-n3c4cc(-n5c6ccccc6c6ccccc65)cc5ccc6cc(-n7c8ccccc8c8ccccc87)cc3c6c54)c2)cc1. The van der Waals surface area contributed by atoms with Gasteiger partial charge in [-0.3, -0.25) is 0 Å². The Labute approximate surface area is 340 Å². The minimum atomic E-state index is 1.13. The van der Waals surface area contributed by atoms with Gasteiger partial charge in [-0.15, -0.1) is 0 Å². The van der Waals surface area contributed by atoms with Crippen molar-refractivity contribution in [3.05, 3.63) is 212 Å². The molecule has 0 fully saturated rings. The summed E-state index contributed by atoms with van der Waals surface area (Å²) in [5.74, 6) is 0. The van der Waals surface area contributed by atoms with E-state index in [9.17, 15) is 0 Å². The molecule has 0 radical (unpaired) electrons. The summed E-state index contributed by atoms with van der Waals surface area (Å²) >= 11 is 0. The van der Waals surface area contributed by atoms with Crippen molar-refractivity contribution in [3.63, 3.8) is 0 Å². The van der Waals surface area contributed by atoms with Gasteiger partial charge in [0, 0.05) is 49.4 Å². The van der Waals surface area contributed by atoms with Crippen molar-refractivity contribution in [2.75, 3.05) is 0 Å². The Morgan fingerprint density at radius 1 is 0.220 bits per heavy atom. The molecule has 0 spiro atoms. The molecular formula is C56H35N3. The van der Waals surface area contributed by atoms with Crippen LogP contribution in [0.15, 0.2) is 212 Å². The maximum absolute atomic E-state index is 2.54. The first-order valence-corrected chi connectivity index (χ1v) is 20.3. The van der Waals surface area contributed by atoms with Crippen LogP contribution in [0, 0.1) is 0 Å². The Morgan fingerprint density at radius 2 is 0.542 bits per heavy atom. The van der Waals surface area contributed by atoms with E-state index in [2.05, 4.69) is 226 Å². The van der Waals surface area contributed by atoms with E-state index in [1.54, 1.807) is 0 Å². The fraction of sp³-hybridized carbons (Fsp3) is 0. The number of fused-ring (bicyclic) bond motifs is 6. The van der Waals surface area contributed by atoms with E-state index < -0.39 is 0 Å². The predicted molar refractivity (Wildman–Crippen MR) is 249 cm³/mol. The van der Waals surface area contributed by atoms with Crippen molar-refractivity contribution in [1.29, 1.82) is 0 Å². The molecule has 13 aromatic rings. The number of para-hydroxylation sites is 4. The van der Waals surface area contributed by atoms with E-state index in [0.717, 1.165) is 17.1 Å². The number of hydrogen-bond acceptors (Lipinski definition) is 0. The van der Waals surface area contributed by atoms with Gasteiger partial charge < -0.3 is 13.7 Å². The van der Waals surface area contributed by atoms with Crippen molar-refractivity contribution >= 4 is 76.2 Å². The van der Waals surface area contributed by atoms with Gasteiger partial charge in [0.1, 0.15) is 0 Å². The molecule has 10 aromatic carbocycles. The average Bonchev–Trinajstić information content (AvgIpc) is 3.94. The van der Waals surface area contributed by atoms with E-state index in [1.807, 2.05) is 0 Å². The van der Waals surface area contributed by atoms with E-state index in [4.69, 9.17) is 0 Å². The fourth-order valence-corrected chi connectivity index (χ4v) is 10.0. The first-order valence-electron chi connectivity index (χ1n) is 20.3. The van der Waals surface area contributed by atoms with E-state index >= 15 is 0 Å². The highest BCUT2D eigenvalue weighted by Crippen LogP contribution is 2.45. The summed E-state index contributed by atoms with van der Waals surface area (Å²) in [5.41, 5.74) is 15.3. The summed E-state index contributed by atoms with van der Waals surface area (Å²) in [6.45, 7) is 0. The van der Waals surface area contributed by atoms with Gasteiger partial charge in [-0.05, 0) is 99.8 Å². The lowest BCUT2D eigenvalue weighted by molar-refractivity contribution is 1.15. The lowest BCUT2D eigenvalue weighted by Gasteiger charge is -2.16. The Morgan fingerprint density at radius 3 is 0.932 bits per heavy atom. The molecule has 0 saturated heterocycles. The van der Waals surface area contributed by atoms with Crippen molar-refractivity contribution in [2.45, 2.75) is 0 Å². The van der Waals surface area contributed by atoms with E-state index in [-0.39, 0.29) is 0 Å². The molecule has 0 aliphatic carbocycles. The molecule has 3 nitrogen and oxygen atoms in total. The Kier molecular flexibility index (Phi) is 6.72. The molecule has 3 heterocycles. The first kappa shape index (κ1) is 32.2. The number of aromatic nitrogens is 3. The van der Waals surface area contributed by atoms with Gasteiger partial charge in [0.25, 0.3) is 0 Å². The molecule has 274 valence electrons. The molecule has 0 bridgehead atoms. The van der Waals surface area contributed by atoms with Gasteiger partial charge in [-0.1, -0.05) is 146 Å². The molecule has 0 atom stereocenters. The normalized spacial score (nSPS) is 12.1. The number of rotatable bonds is 5. The van der Waals surface area contributed by atoms with Crippen LogP contribution >= 0.6 is 0 Å². The van der Waals surface area contributed by atoms with Crippen LogP contribution in [0.4, 0.5) is 0 Å². The van der Waals surface area contributed by atoms with Crippen LogP contribution in [-0.4, -0.2) is 13.7 Å².